The van der Waals surface area contributed by atoms with E-state index in [2.05, 4.69) is 27.2 Å². The summed E-state index contributed by atoms with van der Waals surface area (Å²) in [6.07, 6.45) is 7.42. The summed E-state index contributed by atoms with van der Waals surface area (Å²) in [5.41, 5.74) is 7.63. The van der Waals surface area contributed by atoms with Crippen LogP contribution in [-0.2, 0) is 0 Å². The summed E-state index contributed by atoms with van der Waals surface area (Å²) in [4.78, 5) is 11.5. The van der Waals surface area contributed by atoms with Gasteiger partial charge in [0.25, 0.3) is 0 Å². The van der Waals surface area contributed by atoms with E-state index in [1.54, 1.807) is 0 Å². The first-order valence-electron chi connectivity index (χ1n) is 5.68. The van der Waals surface area contributed by atoms with Gasteiger partial charge in [-0.25, -0.2) is 9.97 Å². The molecule has 5 nitrogen and oxygen atoms in total. The average Bonchev–Trinajstić information content (AvgIpc) is 2.90. The lowest BCUT2D eigenvalue weighted by atomic mass is 10.2. The fourth-order valence-corrected chi connectivity index (χ4v) is 1.42. The third kappa shape index (κ3) is 3.04. The van der Waals surface area contributed by atoms with E-state index in [4.69, 9.17) is 5.73 Å². The minimum absolute atomic E-state index is 0.419. The van der Waals surface area contributed by atoms with Gasteiger partial charge in [0.2, 0.25) is 5.95 Å². The van der Waals surface area contributed by atoms with Crippen LogP contribution in [0.2, 0.25) is 0 Å². The van der Waals surface area contributed by atoms with E-state index in [1.807, 2.05) is 30.9 Å². The van der Waals surface area contributed by atoms with Crippen molar-refractivity contribution in [2.45, 2.75) is 6.92 Å². The Labute approximate surface area is 100 Å². The van der Waals surface area contributed by atoms with Crippen molar-refractivity contribution in [2.75, 3.05) is 18.4 Å². The zero-order valence-corrected chi connectivity index (χ0v) is 9.85. The molecule has 17 heavy (non-hydrogen) atoms. The standard InChI is InChI=1S/C12H17N5/c1-9(4-13)5-15-12-16-7-11(8-17-12)10-2-3-14-6-10/h2-3,6-9,14H,4-5,13H2,1H3,(H,15,16,17). The Balaban J connectivity index is 1.99. The van der Waals surface area contributed by atoms with Crippen molar-refractivity contribution < 1.29 is 0 Å². The molecule has 2 aromatic rings. The Bertz CT molecular complexity index is 434. The number of anilines is 1. The first kappa shape index (κ1) is 11.6. The summed E-state index contributed by atoms with van der Waals surface area (Å²) >= 11 is 0. The van der Waals surface area contributed by atoms with E-state index in [0.717, 1.165) is 17.7 Å². The lowest BCUT2D eigenvalue weighted by Gasteiger charge is -2.09. The molecule has 0 saturated heterocycles. The van der Waals surface area contributed by atoms with Gasteiger partial charge >= 0.3 is 0 Å². The molecule has 0 aliphatic carbocycles. The molecule has 90 valence electrons. The second kappa shape index (κ2) is 5.45. The van der Waals surface area contributed by atoms with Crippen LogP contribution in [0.15, 0.2) is 30.9 Å². The zero-order valence-electron chi connectivity index (χ0n) is 9.85. The Morgan fingerprint density at radius 1 is 1.35 bits per heavy atom. The molecule has 5 heteroatoms. The number of hydrogen-bond donors (Lipinski definition) is 3. The van der Waals surface area contributed by atoms with E-state index >= 15 is 0 Å². The molecule has 0 aliphatic rings. The van der Waals surface area contributed by atoms with Gasteiger partial charge in [-0.2, -0.15) is 0 Å². The Morgan fingerprint density at radius 3 is 2.71 bits per heavy atom. The van der Waals surface area contributed by atoms with Gasteiger partial charge in [0.1, 0.15) is 0 Å². The molecule has 4 N–H and O–H groups in total. The summed E-state index contributed by atoms with van der Waals surface area (Å²) in [5.74, 6) is 1.06. The first-order valence-corrected chi connectivity index (χ1v) is 5.68. The van der Waals surface area contributed by atoms with Crippen molar-refractivity contribution in [2.24, 2.45) is 11.7 Å². The summed E-state index contributed by atoms with van der Waals surface area (Å²) in [5, 5.41) is 3.16. The van der Waals surface area contributed by atoms with Gasteiger partial charge in [-0.3, -0.25) is 0 Å². The van der Waals surface area contributed by atoms with Gasteiger partial charge in [0.05, 0.1) is 0 Å². The topological polar surface area (TPSA) is 79.6 Å². The van der Waals surface area contributed by atoms with Crippen molar-refractivity contribution in [1.29, 1.82) is 0 Å². The zero-order chi connectivity index (χ0) is 12.1. The maximum Gasteiger partial charge on any atom is 0.222 e. The number of rotatable bonds is 5. The Kier molecular flexibility index (Phi) is 3.72. The smallest absolute Gasteiger partial charge is 0.222 e. The lowest BCUT2D eigenvalue weighted by molar-refractivity contribution is 0.625. The molecule has 0 aliphatic heterocycles. The maximum atomic E-state index is 5.54. The number of aromatic nitrogens is 3. The Morgan fingerprint density at radius 2 is 2.12 bits per heavy atom. The number of nitrogens with one attached hydrogen (secondary N) is 2. The van der Waals surface area contributed by atoms with E-state index in [0.29, 0.717) is 18.4 Å². The first-order chi connectivity index (χ1) is 8.29. The van der Waals surface area contributed by atoms with Gasteiger partial charge < -0.3 is 16.0 Å². The van der Waals surface area contributed by atoms with Crippen LogP contribution in [0.1, 0.15) is 6.92 Å². The van der Waals surface area contributed by atoms with Crippen LogP contribution in [0.3, 0.4) is 0 Å². The van der Waals surface area contributed by atoms with Gasteiger partial charge in [0, 0.05) is 42.5 Å². The highest BCUT2D eigenvalue weighted by atomic mass is 15.1. The van der Waals surface area contributed by atoms with Gasteiger partial charge in [0.15, 0.2) is 0 Å². The van der Waals surface area contributed by atoms with Crippen LogP contribution in [0.5, 0.6) is 0 Å². The highest BCUT2D eigenvalue weighted by molar-refractivity contribution is 5.60. The molecule has 0 saturated carbocycles. The minimum Gasteiger partial charge on any atom is -0.367 e. The normalized spacial score (nSPS) is 12.4. The second-order valence-corrected chi connectivity index (χ2v) is 4.12. The molecule has 0 amide bonds. The summed E-state index contributed by atoms with van der Waals surface area (Å²) in [7, 11) is 0. The predicted molar refractivity (Wildman–Crippen MR) is 68.5 cm³/mol. The SMILES string of the molecule is CC(CN)CNc1ncc(-c2cc[nH]c2)cn1. The molecule has 0 bridgehead atoms. The molecule has 1 atom stereocenters. The molecule has 2 rings (SSSR count). The van der Waals surface area contributed by atoms with Crippen LogP contribution in [0.25, 0.3) is 11.1 Å². The number of H-pyrrole nitrogens is 1. The largest absolute Gasteiger partial charge is 0.367 e. The van der Waals surface area contributed by atoms with Crippen molar-refractivity contribution in [3.63, 3.8) is 0 Å². The summed E-state index contributed by atoms with van der Waals surface area (Å²) < 4.78 is 0. The number of aromatic amines is 1. The van der Waals surface area contributed by atoms with Crippen LogP contribution in [0, 0.1) is 5.92 Å². The summed E-state index contributed by atoms with van der Waals surface area (Å²) in [6.45, 7) is 3.54. The molecule has 0 radical (unpaired) electrons. The fourth-order valence-electron chi connectivity index (χ4n) is 1.42. The average molecular weight is 231 g/mol. The van der Waals surface area contributed by atoms with E-state index in [-0.39, 0.29) is 0 Å². The van der Waals surface area contributed by atoms with Crippen LogP contribution < -0.4 is 11.1 Å². The maximum absolute atomic E-state index is 5.54. The van der Waals surface area contributed by atoms with Crippen LogP contribution >= 0.6 is 0 Å². The number of nitrogens with zero attached hydrogens (tertiary/aromatic N) is 2. The molecule has 0 spiro atoms. The molecule has 0 aromatic carbocycles. The van der Waals surface area contributed by atoms with E-state index < -0.39 is 0 Å². The Hall–Kier alpha value is -1.88. The van der Waals surface area contributed by atoms with Crippen molar-refractivity contribution in [3.05, 3.63) is 30.9 Å². The van der Waals surface area contributed by atoms with Crippen molar-refractivity contribution >= 4 is 5.95 Å². The molecule has 2 aromatic heterocycles. The summed E-state index contributed by atoms with van der Waals surface area (Å²) in [6, 6.07) is 1.99. The van der Waals surface area contributed by atoms with Gasteiger partial charge in [-0.1, -0.05) is 6.92 Å². The highest BCUT2D eigenvalue weighted by Crippen LogP contribution is 2.16. The number of hydrogen-bond acceptors (Lipinski definition) is 4. The van der Waals surface area contributed by atoms with Crippen LogP contribution in [0.4, 0.5) is 5.95 Å². The molecule has 2 heterocycles. The van der Waals surface area contributed by atoms with Gasteiger partial charge in [-0.05, 0) is 18.5 Å². The lowest BCUT2D eigenvalue weighted by Crippen LogP contribution is -2.20. The second-order valence-electron chi connectivity index (χ2n) is 4.12. The monoisotopic (exact) mass is 231 g/mol. The molecular formula is C12H17N5. The van der Waals surface area contributed by atoms with Crippen molar-refractivity contribution in [3.8, 4) is 11.1 Å². The minimum atomic E-state index is 0.419. The van der Waals surface area contributed by atoms with E-state index in [9.17, 15) is 0 Å². The molecule has 1 unspecified atom stereocenters. The third-order valence-electron chi connectivity index (χ3n) is 2.59. The predicted octanol–water partition coefficient (Wildman–Crippen LogP) is 1.48. The number of nitrogens with two attached hydrogens (primary N) is 1. The third-order valence-corrected chi connectivity index (χ3v) is 2.59. The quantitative estimate of drug-likeness (QED) is 0.728. The van der Waals surface area contributed by atoms with Crippen molar-refractivity contribution in [1.82, 2.24) is 15.0 Å². The molecule has 0 fully saturated rings. The van der Waals surface area contributed by atoms with Crippen LogP contribution in [-0.4, -0.2) is 28.0 Å². The van der Waals surface area contributed by atoms with E-state index in [1.165, 1.54) is 0 Å². The highest BCUT2D eigenvalue weighted by Gasteiger charge is 2.02. The fraction of sp³-hybridized carbons (Fsp3) is 0.333. The van der Waals surface area contributed by atoms with Gasteiger partial charge in [-0.15, -0.1) is 0 Å². The molecular weight excluding hydrogens is 214 g/mol.